The molecule has 0 aliphatic carbocycles. The molecule has 1 aromatic heterocycles. The summed E-state index contributed by atoms with van der Waals surface area (Å²) in [6.07, 6.45) is 1.66. The van der Waals surface area contributed by atoms with Gasteiger partial charge in [-0.25, -0.2) is 4.79 Å². The Morgan fingerprint density at radius 1 is 1.45 bits per heavy atom. The molecule has 2 aromatic rings. The number of aromatic nitrogens is 1. The van der Waals surface area contributed by atoms with E-state index in [2.05, 4.69) is 15.9 Å². The molecule has 7 heteroatoms. The van der Waals surface area contributed by atoms with Crippen molar-refractivity contribution in [2.75, 3.05) is 0 Å². The average molecular weight is 339 g/mol. The van der Waals surface area contributed by atoms with Crippen LogP contribution in [0.3, 0.4) is 0 Å². The van der Waals surface area contributed by atoms with Gasteiger partial charge in [0.25, 0.3) is 5.69 Å². The van der Waals surface area contributed by atoms with Crippen molar-refractivity contribution in [3.63, 3.8) is 0 Å². The van der Waals surface area contributed by atoms with E-state index in [1.165, 1.54) is 6.07 Å². The number of carbonyl (C=O) groups is 1. The second-order valence-corrected chi connectivity index (χ2v) is 5.08. The lowest BCUT2D eigenvalue weighted by Crippen LogP contribution is -2.10. The van der Waals surface area contributed by atoms with Crippen LogP contribution in [0, 0.1) is 17.0 Å². The van der Waals surface area contributed by atoms with Gasteiger partial charge in [-0.05, 0) is 40.0 Å². The van der Waals surface area contributed by atoms with E-state index < -0.39 is 10.9 Å². The fourth-order valence-electron chi connectivity index (χ4n) is 2.02. The highest BCUT2D eigenvalue weighted by Crippen LogP contribution is 2.29. The highest BCUT2D eigenvalue weighted by Gasteiger charge is 2.18. The molecule has 0 bridgehead atoms. The molecule has 0 saturated carbocycles. The molecule has 0 amide bonds. The Bertz CT molecular complexity index is 694. The minimum absolute atomic E-state index is 0.0387. The number of nitro groups is 1. The monoisotopic (exact) mass is 338 g/mol. The molecular weight excluding hydrogens is 328 g/mol. The van der Waals surface area contributed by atoms with E-state index in [1.54, 1.807) is 35.9 Å². The van der Waals surface area contributed by atoms with Gasteiger partial charge < -0.3 is 9.67 Å². The van der Waals surface area contributed by atoms with Crippen LogP contribution >= 0.6 is 15.9 Å². The first-order chi connectivity index (χ1) is 9.41. The largest absolute Gasteiger partial charge is 0.477 e. The highest BCUT2D eigenvalue weighted by molar-refractivity contribution is 9.10. The molecule has 0 atom stereocenters. The Hall–Kier alpha value is -2.15. The van der Waals surface area contributed by atoms with E-state index in [4.69, 9.17) is 0 Å². The van der Waals surface area contributed by atoms with Crippen LogP contribution in [-0.4, -0.2) is 20.6 Å². The number of benzene rings is 1. The normalized spacial score (nSPS) is 10.5. The summed E-state index contributed by atoms with van der Waals surface area (Å²) in [6, 6.07) is 6.40. The Morgan fingerprint density at radius 2 is 2.15 bits per heavy atom. The standard InChI is InChI=1S/C13H11BrN2O4/c1-8-5-6-15(12(8)13(17)18)7-9-3-2-4-10(11(9)14)16(19)20/h2-6H,7H2,1H3,(H,17,18). The molecule has 0 aliphatic heterocycles. The maximum absolute atomic E-state index is 11.2. The predicted octanol–water partition coefficient (Wildman–Crippen LogP) is 3.21. The van der Waals surface area contributed by atoms with E-state index in [9.17, 15) is 20.0 Å². The SMILES string of the molecule is Cc1ccn(Cc2cccc([N+](=O)[O-])c2Br)c1C(=O)O. The van der Waals surface area contributed by atoms with Crippen LogP contribution in [0.1, 0.15) is 21.6 Å². The van der Waals surface area contributed by atoms with Crippen molar-refractivity contribution in [2.24, 2.45) is 0 Å². The second kappa shape index (κ2) is 5.46. The van der Waals surface area contributed by atoms with E-state index in [1.807, 2.05) is 0 Å². The molecule has 0 unspecified atom stereocenters. The number of nitrogens with zero attached hydrogens (tertiary/aromatic N) is 2. The Morgan fingerprint density at radius 3 is 2.75 bits per heavy atom. The van der Waals surface area contributed by atoms with Crippen molar-refractivity contribution < 1.29 is 14.8 Å². The van der Waals surface area contributed by atoms with Crippen molar-refractivity contribution in [3.05, 3.63) is 61.9 Å². The van der Waals surface area contributed by atoms with Crippen LogP contribution in [0.15, 0.2) is 34.9 Å². The molecule has 0 spiro atoms. The molecule has 0 fully saturated rings. The summed E-state index contributed by atoms with van der Waals surface area (Å²) in [5.41, 5.74) is 1.45. The third-order valence-electron chi connectivity index (χ3n) is 2.96. The zero-order chi connectivity index (χ0) is 14.9. The van der Waals surface area contributed by atoms with Crippen molar-refractivity contribution in [1.29, 1.82) is 0 Å². The summed E-state index contributed by atoms with van der Waals surface area (Å²) in [4.78, 5) is 21.6. The van der Waals surface area contributed by atoms with Crippen molar-refractivity contribution in [3.8, 4) is 0 Å². The Balaban J connectivity index is 2.43. The minimum Gasteiger partial charge on any atom is -0.477 e. The first kappa shape index (κ1) is 14.3. The van der Waals surface area contributed by atoms with Gasteiger partial charge in [-0.15, -0.1) is 0 Å². The van der Waals surface area contributed by atoms with Crippen molar-refractivity contribution >= 4 is 27.6 Å². The molecule has 1 heterocycles. The van der Waals surface area contributed by atoms with Gasteiger partial charge in [0.2, 0.25) is 0 Å². The molecule has 104 valence electrons. The lowest BCUT2D eigenvalue weighted by atomic mass is 10.2. The fraction of sp³-hybridized carbons (Fsp3) is 0.154. The third-order valence-corrected chi connectivity index (χ3v) is 3.88. The minimum atomic E-state index is -1.02. The number of aromatic carboxylic acids is 1. The maximum atomic E-state index is 11.2. The van der Waals surface area contributed by atoms with Crippen LogP contribution in [0.4, 0.5) is 5.69 Å². The summed E-state index contributed by atoms with van der Waals surface area (Å²) >= 11 is 3.21. The molecule has 0 saturated heterocycles. The summed E-state index contributed by atoms with van der Waals surface area (Å²) < 4.78 is 1.93. The molecular formula is C13H11BrN2O4. The predicted molar refractivity (Wildman–Crippen MR) is 76.0 cm³/mol. The van der Waals surface area contributed by atoms with Gasteiger partial charge in [0, 0.05) is 18.8 Å². The van der Waals surface area contributed by atoms with Gasteiger partial charge in [-0.1, -0.05) is 12.1 Å². The zero-order valence-corrected chi connectivity index (χ0v) is 12.1. The van der Waals surface area contributed by atoms with Gasteiger partial charge in [-0.2, -0.15) is 0 Å². The van der Waals surface area contributed by atoms with Crippen LogP contribution in [0.2, 0.25) is 0 Å². The molecule has 6 nitrogen and oxygen atoms in total. The van der Waals surface area contributed by atoms with E-state index in [-0.39, 0.29) is 17.9 Å². The van der Waals surface area contributed by atoms with Crippen LogP contribution in [-0.2, 0) is 6.54 Å². The van der Waals surface area contributed by atoms with Crippen LogP contribution in [0.5, 0.6) is 0 Å². The fourth-order valence-corrected chi connectivity index (χ4v) is 2.55. The van der Waals surface area contributed by atoms with Gasteiger partial charge in [0.1, 0.15) is 10.2 Å². The van der Waals surface area contributed by atoms with E-state index >= 15 is 0 Å². The summed E-state index contributed by atoms with van der Waals surface area (Å²) in [6.45, 7) is 1.96. The van der Waals surface area contributed by atoms with Crippen molar-refractivity contribution in [1.82, 2.24) is 4.57 Å². The number of nitro benzene ring substituents is 1. The molecule has 2 rings (SSSR count). The second-order valence-electron chi connectivity index (χ2n) is 4.29. The van der Waals surface area contributed by atoms with Gasteiger partial charge in [0.15, 0.2) is 0 Å². The number of carboxylic acid groups (broad SMARTS) is 1. The Kier molecular flexibility index (Phi) is 3.89. The van der Waals surface area contributed by atoms with E-state index in [0.29, 0.717) is 15.6 Å². The lowest BCUT2D eigenvalue weighted by Gasteiger charge is -2.09. The van der Waals surface area contributed by atoms with Crippen LogP contribution < -0.4 is 0 Å². The first-order valence-corrected chi connectivity index (χ1v) is 6.52. The Labute approximate surface area is 122 Å². The lowest BCUT2D eigenvalue weighted by molar-refractivity contribution is -0.385. The number of hydrogen-bond donors (Lipinski definition) is 1. The summed E-state index contributed by atoms with van der Waals surface area (Å²) in [7, 11) is 0. The maximum Gasteiger partial charge on any atom is 0.352 e. The van der Waals surface area contributed by atoms with E-state index in [0.717, 1.165) is 0 Å². The highest BCUT2D eigenvalue weighted by atomic mass is 79.9. The summed E-state index contributed by atoms with van der Waals surface area (Å²) in [5, 5.41) is 20.1. The van der Waals surface area contributed by atoms with Gasteiger partial charge in [-0.3, -0.25) is 10.1 Å². The quantitative estimate of drug-likeness (QED) is 0.685. The zero-order valence-electron chi connectivity index (χ0n) is 10.5. The van der Waals surface area contributed by atoms with Gasteiger partial charge in [0.05, 0.1) is 4.92 Å². The molecule has 1 N–H and O–H groups in total. The first-order valence-electron chi connectivity index (χ1n) is 5.72. The van der Waals surface area contributed by atoms with Crippen LogP contribution in [0.25, 0.3) is 0 Å². The topological polar surface area (TPSA) is 85.4 Å². The third kappa shape index (κ3) is 2.57. The summed E-state index contributed by atoms with van der Waals surface area (Å²) in [5.74, 6) is -1.02. The molecule has 0 radical (unpaired) electrons. The average Bonchev–Trinajstić information content (AvgIpc) is 2.72. The number of hydrogen-bond acceptors (Lipinski definition) is 3. The molecule has 0 aliphatic rings. The number of rotatable bonds is 4. The van der Waals surface area contributed by atoms with Crippen molar-refractivity contribution in [2.45, 2.75) is 13.5 Å². The number of carboxylic acids is 1. The van der Waals surface area contributed by atoms with Gasteiger partial charge >= 0.3 is 5.97 Å². The molecule has 20 heavy (non-hydrogen) atoms. The smallest absolute Gasteiger partial charge is 0.352 e. The number of aryl methyl sites for hydroxylation is 1. The number of halogens is 1. The molecule has 1 aromatic carbocycles.